The number of ether oxygens (including phenoxy) is 1. The van der Waals surface area contributed by atoms with E-state index in [1.807, 2.05) is 40.6 Å². The predicted octanol–water partition coefficient (Wildman–Crippen LogP) is 2.55. The summed E-state index contributed by atoms with van der Waals surface area (Å²) in [5, 5.41) is 4.86. The van der Waals surface area contributed by atoms with Crippen LogP contribution < -0.4 is 10.1 Å². The lowest BCUT2D eigenvalue weighted by Gasteiger charge is -2.41. The maximum absolute atomic E-state index is 12.7. The van der Waals surface area contributed by atoms with Crippen molar-refractivity contribution in [2.45, 2.75) is 18.4 Å². The molecule has 5 nitrogen and oxygen atoms in total. The van der Waals surface area contributed by atoms with Crippen LogP contribution in [0.3, 0.4) is 0 Å². The van der Waals surface area contributed by atoms with Crippen LogP contribution in [0.25, 0.3) is 0 Å². The van der Waals surface area contributed by atoms with Gasteiger partial charge < -0.3 is 15.0 Å². The minimum atomic E-state index is -0.562. The van der Waals surface area contributed by atoms with Gasteiger partial charge in [0, 0.05) is 6.54 Å². The van der Waals surface area contributed by atoms with E-state index in [-0.39, 0.29) is 11.8 Å². The Bertz CT molecular complexity index is 774. The zero-order chi connectivity index (χ0) is 16.6. The smallest absolute Gasteiger partial charge is 0.264 e. The van der Waals surface area contributed by atoms with Crippen molar-refractivity contribution in [1.29, 1.82) is 0 Å². The number of hydrogen-bond acceptors (Lipinski definition) is 4. The summed E-state index contributed by atoms with van der Waals surface area (Å²) in [5.41, 5.74) is -0.0101. The van der Waals surface area contributed by atoms with Gasteiger partial charge in [-0.05, 0) is 36.4 Å². The van der Waals surface area contributed by atoms with Gasteiger partial charge in [-0.3, -0.25) is 9.59 Å². The predicted molar refractivity (Wildman–Crippen MR) is 91.6 cm³/mol. The molecule has 1 aromatic carbocycles. The van der Waals surface area contributed by atoms with E-state index in [1.165, 1.54) is 11.3 Å². The highest BCUT2D eigenvalue weighted by Crippen LogP contribution is 2.32. The van der Waals surface area contributed by atoms with Crippen molar-refractivity contribution in [3.05, 3.63) is 52.2 Å². The molecular weight excluding hydrogens is 324 g/mol. The molecule has 0 bridgehead atoms. The minimum Gasteiger partial charge on any atom is -0.483 e. The number of nitrogens with one attached hydrogen (secondary N) is 1. The van der Waals surface area contributed by atoms with Gasteiger partial charge in [-0.1, -0.05) is 18.2 Å². The number of piperidine rings is 1. The SMILES string of the molecule is O=C1NC[C@]2(CCCN(C(=O)c3cccs3)C2)Oc2ccccc21. The fourth-order valence-electron chi connectivity index (χ4n) is 3.40. The number of nitrogens with zero attached hydrogens (tertiary/aromatic N) is 1. The molecule has 2 amide bonds. The number of fused-ring (bicyclic) bond motifs is 1. The Balaban J connectivity index is 1.61. The van der Waals surface area contributed by atoms with Crippen molar-refractivity contribution in [2.24, 2.45) is 0 Å². The average Bonchev–Trinajstić information content (AvgIpc) is 3.10. The standard InChI is InChI=1S/C18H18N2O3S/c21-16-13-5-1-2-6-14(13)23-18(11-19-16)8-4-9-20(12-18)17(22)15-7-3-10-24-15/h1-3,5-7,10H,4,8-9,11-12H2,(H,19,21)/t18-/m0/s1. The summed E-state index contributed by atoms with van der Waals surface area (Å²) in [6, 6.07) is 11.0. The zero-order valence-electron chi connectivity index (χ0n) is 13.2. The Kier molecular flexibility index (Phi) is 3.76. The van der Waals surface area contributed by atoms with E-state index in [2.05, 4.69) is 5.32 Å². The maximum Gasteiger partial charge on any atom is 0.264 e. The molecule has 0 unspecified atom stereocenters. The van der Waals surface area contributed by atoms with E-state index >= 15 is 0 Å². The number of para-hydroxylation sites is 1. The summed E-state index contributed by atoms with van der Waals surface area (Å²) in [6.07, 6.45) is 1.67. The zero-order valence-corrected chi connectivity index (χ0v) is 14.0. The lowest BCUT2D eigenvalue weighted by atomic mass is 9.92. The number of hydrogen-bond donors (Lipinski definition) is 1. The fourth-order valence-corrected chi connectivity index (χ4v) is 4.10. The third kappa shape index (κ3) is 2.67. The van der Waals surface area contributed by atoms with Crippen LogP contribution in [0, 0.1) is 0 Å². The number of likely N-dealkylation sites (tertiary alicyclic amines) is 1. The lowest BCUT2D eigenvalue weighted by molar-refractivity contribution is -0.000667. The molecule has 2 aliphatic heterocycles. The maximum atomic E-state index is 12.7. The number of benzene rings is 1. The average molecular weight is 342 g/mol. The summed E-state index contributed by atoms with van der Waals surface area (Å²) in [5.74, 6) is 0.513. The molecule has 1 spiro atoms. The van der Waals surface area contributed by atoms with Gasteiger partial charge in [-0.2, -0.15) is 0 Å². The van der Waals surface area contributed by atoms with Gasteiger partial charge in [0.05, 0.1) is 23.5 Å². The topological polar surface area (TPSA) is 58.6 Å². The highest BCUT2D eigenvalue weighted by molar-refractivity contribution is 7.12. The van der Waals surface area contributed by atoms with E-state index in [9.17, 15) is 9.59 Å². The quantitative estimate of drug-likeness (QED) is 0.866. The summed E-state index contributed by atoms with van der Waals surface area (Å²) >= 11 is 1.45. The Morgan fingerprint density at radius 3 is 2.96 bits per heavy atom. The molecule has 0 saturated carbocycles. The molecule has 1 aromatic heterocycles. The largest absolute Gasteiger partial charge is 0.483 e. The van der Waals surface area contributed by atoms with Gasteiger partial charge in [0.15, 0.2) is 0 Å². The first-order chi connectivity index (χ1) is 11.7. The molecule has 1 fully saturated rings. The molecule has 6 heteroatoms. The van der Waals surface area contributed by atoms with Crippen molar-refractivity contribution in [1.82, 2.24) is 10.2 Å². The Labute approximate surface area is 144 Å². The Hall–Kier alpha value is -2.34. The van der Waals surface area contributed by atoms with Crippen molar-refractivity contribution in [3.8, 4) is 5.75 Å². The molecule has 0 radical (unpaired) electrons. The van der Waals surface area contributed by atoms with E-state index in [4.69, 9.17) is 4.74 Å². The van der Waals surface area contributed by atoms with Crippen LogP contribution in [0.1, 0.15) is 32.9 Å². The van der Waals surface area contributed by atoms with E-state index in [0.717, 1.165) is 24.3 Å². The van der Waals surface area contributed by atoms with E-state index in [0.29, 0.717) is 24.4 Å². The van der Waals surface area contributed by atoms with Crippen LogP contribution in [0.5, 0.6) is 5.75 Å². The first kappa shape index (κ1) is 15.2. The molecule has 2 aliphatic rings. The molecule has 2 aromatic rings. The number of carbonyl (C=O) groups excluding carboxylic acids is 2. The number of amides is 2. The van der Waals surface area contributed by atoms with Crippen molar-refractivity contribution >= 4 is 23.2 Å². The summed E-state index contributed by atoms with van der Waals surface area (Å²) < 4.78 is 6.28. The molecule has 4 rings (SSSR count). The van der Waals surface area contributed by atoms with Gasteiger partial charge in [0.2, 0.25) is 0 Å². The number of thiophene rings is 1. The monoisotopic (exact) mass is 342 g/mol. The van der Waals surface area contributed by atoms with Crippen molar-refractivity contribution in [2.75, 3.05) is 19.6 Å². The van der Waals surface area contributed by atoms with Gasteiger partial charge in [0.1, 0.15) is 11.4 Å². The normalized spacial score (nSPS) is 23.2. The fraction of sp³-hybridized carbons (Fsp3) is 0.333. The second kappa shape index (κ2) is 5.94. The van der Waals surface area contributed by atoms with Crippen LogP contribution in [0.4, 0.5) is 0 Å². The second-order valence-corrected chi connectivity index (χ2v) is 7.22. The highest BCUT2D eigenvalue weighted by atomic mass is 32.1. The van der Waals surface area contributed by atoms with Gasteiger partial charge in [-0.25, -0.2) is 0 Å². The third-order valence-electron chi connectivity index (χ3n) is 4.59. The molecule has 0 aliphatic carbocycles. The molecular formula is C18H18N2O3S. The molecule has 24 heavy (non-hydrogen) atoms. The summed E-state index contributed by atoms with van der Waals surface area (Å²) in [7, 11) is 0. The van der Waals surface area contributed by atoms with Gasteiger partial charge >= 0.3 is 0 Å². The molecule has 1 N–H and O–H groups in total. The van der Waals surface area contributed by atoms with E-state index < -0.39 is 5.60 Å². The number of carbonyl (C=O) groups is 2. The second-order valence-electron chi connectivity index (χ2n) is 6.27. The van der Waals surface area contributed by atoms with Crippen LogP contribution in [0.15, 0.2) is 41.8 Å². The van der Waals surface area contributed by atoms with Crippen LogP contribution in [0.2, 0.25) is 0 Å². The molecule has 1 saturated heterocycles. The molecule has 3 heterocycles. The van der Waals surface area contributed by atoms with Crippen molar-refractivity contribution in [3.63, 3.8) is 0 Å². The Morgan fingerprint density at radius 2 is 2.12 bits per heavy atom. The third-order valence-corrected chi connectivity index (χ3v) is 5.45. The van der Waals surface area contributed by atoms with Gasteiger partial charge in [-0.15, -0.1) is 11.3 Å². The first-order valence-corrected chi connectivity index (χ1v) is 8.94. The van der Waals surface area contributed by atoms with Crippen LogP contribution in [-0.4, -0.2) is 41.9 Å². The van der Waals surface area contributed by atoms with E-state index in [1.54, 1.807) is 6.07 Å². The summed E-state index contributed by atoms with van der Waals surface area (Å²) in [4.78, 5) is 27.5. The Morgan fingerprint density at radius 1 is 1.25 bits per heavy atom. The van der Waals surface area contributed by atoms with Crippen LogP contribution in [-0.2, 0) is 0 Å². The molecule has 1 atom stereocenters. The minimum absolute atomic E-state index is 0.0385. The van der Waals surface area contributed by atoms with Crippen molar-refractivity contribution < 1.29 is 14.3 Å². The highest BCUT2D eigenvalue weighted by Gasteiger charge is 2.42. The first-order valence-electron chi connectivity index (χ1n) is 8.06. The van der Waals surface area contributed by atoms with Crippen LogP contribution >= 0.6 is 11.3 Å². The molecule has 124 valence electrons. The van der Waals surface area contributed by atoms with Gasteiger partial charge in [0.25, 0.3) is 11.8 Å². The number of rotatable bonds is 1. The summed E-state index contributed by atoms with van der Waals surface area (Å²) in [6.45, 7) is 1.62. The lowest BCUT2D eigenvalue weighted by Crippen LogP contribution is -2.57.